The molecule has 0 aromatic carbocycles. The maximum Gasteiger partial charge on any atom is 0.245 e. The zero-order valence-corrected chi connectivity index (χ0v) is 8.20. The lowest BCUT2D eigenvalue weighted by atomic mass is 9.87. The Balaban J connectivity index is 2.54. The summed E-state index contributed by atoms with van der Waals surface area (Å²) in [6, 6.07) is 0. The fourth-order valence-corrected chi connectivity index (χ4v) is 1.79. The Kier molecular flexibility index (Phi) is 3.48. The summed E-state index contributed by atoms with van der Waals surface area (Å²) in [5, 5.41) is 0. The monoisotopic (exact) mass is 182 g/mol. The van der Waals surface area contributed by atoms with Crippen molar-refractivity contribution in [3.63, 3.8) is 0 Å². The third-order valence-electron chi connectivity index (χ3n) is 2.90. The molecule has 0 aromatic rings. The molecule has 0 radical (unpaired) electrons. The molecule has 1 aliphatic heterocycles. The largest absolute Gasteiger partial charge is 0.339 e. The van der Waals surface area contributed by atoms with Crippen LogP contribution < -0.4 is 5.73 Å². The molecule has 13 heavy (non-hydrogen) atoms. The summed E-state index contributed by atoms with van der Waals surface area (Å²) in [6.07, 6.45) is 2.44. The van der Waals surface area contributed by atoms with Crippen molar-refractivity contribution >= 4 is 5.91 Å². The normalized spacial score (nSPS) is 28.6. The number of rotatable bonds is 2. The van der Waals surface area contributed by atoms with E-state index in [1.807, 2.05) is 4.90 Å². The number of nitrogens with two attached hydrogens (primary N) is 1. The van der Waals surface area contributed by atoms with Crippen molar-refractivity contribution in [2.45, 2.75) is 13.3 Å². The van der Waals surface area contributed by atoms with Crippen molar-refractivity contribution in [2.24, 2.45) is 17.6 Å². The number of amides is 1. The quantitative estimate of drug-likeness (QED) is 0.636. The van der Waals surface area contributed by atoms with Crippen LogP contribution in [0.25, 0.3) is 0 Å². The SMILES string of the molecule is C=CC(=O)N1CCC(C)C(CN)C1. The zero-order valence-electron chi connectivity index (χ0n) is 8.20. The minimum Gasteiger partial charge on any atom is -0.339 e. The summed E-state index contributed by atoms with van der Waals surface area (Å²) < 4.78 is 0. The van der Waals surface area contributed by atoms with Crippen molar-refractivity contribution in [3.05, 3.63) is 12.7 Å². The maximum absolute atomic E-state index is 11.3. The molecule has 1 saturated heterocycles. The molecule has 1 amide bonds. The highest BCUT2D eigenvalue weighted by atomic mass is 16.2. The van der Waals surface area contributed by atoms with Crippen LogP contribution in [0.4, 0.5) is 0 Å². The Bertz CT molecular complexity index is 203. The fourth-order valence-electron chi connectivity index (χ4n) is 1.79. The molecule has 1 aliphatic rings. The van der Waals surface area contributed by atoms with Gasteiger partial charge in [-0.25, -0.2) is 0 Å². The molecule has 0 aliphatic carbocycles. The van der Waals surface area contributed by atoms with Crippen molar-refractivity contribution < 1.29 is 4.79 Å². The Labute approximate surface area is 79.6 Å². The lowest BCUT2D eigenvalue weighted by molar-refractivity contribution is -0.128. The average Bonchev–Trinajstić information content (AvgIpc) is 2.17. The first-order valence-corrected chi connectivity index (χ1v) is 4.80. The van der Waals surface area contributed by atoms with Crippen LogP contribution in [0.5, 0.6) is 0 Å². The molecule has 2 unspecified atom stereocenters. The molecule has 2 N–H and O–H groups in total. The van der Waals surface area contributed by atoms with Gasteiger partial charge in [0.2, 0.25) is 5.91 Å². The summed E-state index contributed by atoms with van der Waals surface area (Å²) in [5.41, 5.74) is 5.63. The van der Waals surface area contributed by atoms with E-state index in [4.69, 9.17) is 5.73 Å². The number of likely N-dealkylation sites (tertiary alicyclic amines) is 1. The highest BCUT2D eigenvalue weighted by Crippen LogP contribution is 2.22. The van der Waals surface area contributed by atoms with Gasteiger partial charge in [0, 0.05) is 13.1 Å². The van der Waals surface area contributed by atoms with Gasteiger partial charge in [-0.3, -0.25) is 4.79 Å². The van der Waals surface area contributed by atoms with Crippen LogP contribution in [0.1, 0.15) is 13.3 Å². The van der Waals surface area contributed by atoms with Crippen LogP contribution in [-0.2, 0) is 4.79 Å². The zero-order chi connectivity index (χ0) is 9.84. The topological polar surface area (TPSA) is 46.3 Å². The van der Waals surface area contributed by atoms with Gasteiger partial charge in [-0.15, -0.1) is 0 Å². The predicted molar refractivity (Wildman–Crippen MR) is 53.1 cm³/mol. The van der Waals surface area contributed by atoms with E-state index in [1.54, 1.807) is 0 Å². The first-order valence-electron chi connectivity index (χ1n) is 4.80. The average molecular weight is 182 g/mol. The van der Waals surface area contributed by atoms with Crippen molar-refractivity contribution in [2.75, 3.05) is 19.6 Å². The Morgan fingerprint density at radius 2 is 2.46 bits per heavy atom. The smallest absolute Gasteiger partial charge is 0.245 e. The molecular formula is C10H18N2O. The summed E-state index contributed by atoms with van der Waals surface area (Å²) in [4.78, 5) is 13.1. The molecule has 0 spiro atoms. The van der Waals surface area contributed by atoms with Crippen molar-refractivity contribution in [3.8, 4) is 0 Å². The predicted octanol–water partition coefficient (Wildman–Crippen LogP) is 0.616. The minimum atomic E-state index is 0.0327. The molecular weight excluding hydrogens is 164 g/mol. The van der Waals surface area contributed by atoms with E-state index in [2.05, 4.69) is 13.5 Å². The molecule has 1 fully saturated rings. The Hall–Kier alpha value is -0.830. The summed E-state index contributed by atoms with van der Waals surface area (Å²) >= 11 is 0. The van der Waals surface area contributed by atoms with E-state index in [0.29, 0.717) is 18.4 Å². The molecule has 1 rings (SSSR count). The van der Waals surface area contributed by atoms with E-state index in [-0.39, 0.29) is 5.91 Å². The van der Waals surface area contributed by atoms with Gasteiger partial charge in [0.25, 0.3) is 0 Å². The van der Waals surface area contributed by atoms with Crippen LogP contribution in [0.3, 0.4) is 0 Å². The van der Waals surface area contributed by atoms with Gasteiger partial charge >= 0.3 is 0 Å². The molecule has 0 aromatic heterocycles. The van der Waals surface area contributed by atoms with Gasteiger partial charge in [0.15, 0.2) is 0 Å². The van der Waals surface area contributed by atoms with Crippen LogP contribution >= 0.6 is 0 Å². The van der Waals surface area contributed by atoms with Gasteiger partial charge in [-0.2, -0.15) is 0 Å². The molecule has 0 saturated carbocycles. The van der Waals surface area contributed by atoms with Crippen LogP contribution in [0.2, 0.25) is 0 Å². The first kappa shape index (κ1) is 10.3. The third-order valence-corrected chi connectivity index (χ3v) is 2.90. The second-order valence-corrected chi connectivity index (χ2v) is 3.75. The van der Waals surface area contributed by atoms with E-state index in [0.717, 1.165) is 19.5 Å². The van der Waals surface area contributed by atoms with Crippen molar-refractivity contribution in [1.29, 1.82) is 0 Å². The molecule has 1 heterocycles. The number of carbonyl (C=O) groups is 1. The second-order valence-electron chi connectivity index (χ2n) is 3.75. The number of piperidine rings is 1. The van der Waals surface area contributed by atoms with Gasteiger partial charge in [0.05, 0.1) is 0 Å². The van der Waals surface area contributed by atoms with E-state index < -0.39 is 0 Å². The summed E-state index contributed by atoms with van der Waals surface area (Å²) in [6.45, 7) is 8.00. The van der Waals surface area contributed by atoms with Gasteiger partial charge in [-0.1, -0.05) is 13.5 Å². The highest BCUT2D eigenvalue weighted by Gasteiger charge is 2.26. The number of carbonyl (C=O) groups excluding carboxylic acids is 1. The summed E-state index contributed by atoms with van der Waals surface area (Å²) in [5.74, 6) is 1.13. The molecule has 3 heteroatoms. The fraction of sp³-hybridized carbons (Fsp3) is 0.700. The van der Waals surface area contributed by atoms with E-state index in [1.165, 1.54) is 6.08 Å². The number of hydrogen-bond acceptors (Lipinski definition) is 2. The highest BCUT2D eigenvalue weighted by molar-refractivity contribution is 5.87. The van der Waals surface area contributed by atoms with Crippen LogP contribution in [-0.4, -0.2) is 30.4 Å². The van der Waals surface area contributed by atoms with E-state index >= 15 is 0 Å². The van der Waals surface area contributed by atoms with Crippen molar-refractivity contribution in [1.82, 2.24) is 4.90 Å². The molecule has 74 valence electrons. The molecule has 2 atom stereocenters. The standard InChI is InChI=1S/C10H18N2O/c1-3-10(13)12-5-4-8(2)9(6-11)7-12/h3,8-9H,1,4-7,11H2,2H3. The summed E-state index contributed by atoms with van der Waals surface area (Å²) in [7, 11) is 0. The molecule has 0 bridgehead atoms. The number of nitrogens with zero attached hydrogens (tertiary/aromatic N) is 1. The third kappa shape index (κ3) is 2.31. The van der Waals surface area contributed by atoms with Gasteiger partial charge < -0.3 is 10.6 Å². The van der Waals surface area contributed by atoms with Gasteiger partial charge in [-0.05, 0) is 30.9 Å². The van der Waals surface area contributed by atoms with E-state index in [9.17, 15) is 4.79 Å². The van der Waals surface area contributed by atoms with Crippen LogP contribution in [0, 0.1) is 11.8 Å². The lowest BCUT2D eigenvalue weighted by Gasteiger charge is -2.35. The number of hydrogen-bond donors (Lipinski definition) is 1. The Morgan fingerprint density at radius 3 is 3.00 bits per heavy atom. The maximum atomic E-state index is 11.3. The van der Waals surface area contributed by atoms with Crippen LogP contribution in [0.15, 0.2) is 12.7 Å². The van der Waals surface area contributed by atoms with Gasteiger partial charge in [0.1, 0.15) is 0 Å². The lowest BCUT2D eigenvalue weighted by Crippen LogP contribution is -2.44. The second kappa shape index (κ2) is 4.42. The molecule has 3 nitrogen and oxygen atoms in total. The first-order chi connectivity index (χ1) is 6.19. The Morgan fingerprint density at radius 1 is 1.77 bits per heavy atom. The minimum absolute atomic E-state index is 0.0327.